The number of benzene rings is 5. The van der Waals surface area contributed by atoms with Crippen LogP contribution in [0.25, 0.3) is 44.5 Å². The summed E-state index contributed by atoms with van der Waals surface area (Å²) in [4.78, 5) is 0. The molecule has 0 spiro atoms. The minimum Gasteiger partial charge on any atom is -0.166 e. The van der Waals surface area contributed by atoms with Crippen molar-refractivity contribution in [2.45, 2.75) is 117 Å². The highest BCUT2D eigenvalue weighted by molar-refractivity contribution is 6.04. The Balaban J connectivity index is 2.36. The summed E-state index contributed by atoms with van der Waals surface area (Å²) in [5.74, 6) is 0. The smallest absolute Gasteiger partial charge is 0.166 e. The van der Waals surface area contributed by atoms with Crippen LogP contribution in [0.4, 0.5) is 26.3 Å². The molecule has 0 amide bonds. The maximum absolute atomic E-state index is 15.3. The van der Waals surface area contributed by atoms with Crippen molar-refractivity contribution in [1.82, 2.24) is 0 Å². The number of alkyl halides is 6. The van der Waals surface area contributed by atoms with Crippen LogP contribution in [0.2, 0.25) is 0 Å². The van der Waals surface area contributed by atoms with Crippen LogP contribution in [0.15, 0.2) is 97.1 Å². The van der Waals surface area contributed by atoms with E-state index in [0.717, 1.165) is 23.3 Å². The molecule has 5 aromatic carbocycles. The van der Waals surface area contributed by atoms with Gasteiger partial charge in [0.15, 0.2) is 0 Å². The van der Waals surface area contributed by atoms with E-state index in [4.69, 9.17) is 0 Å². The molecule has 0 aromatic heterocycles. The first-order valence-corrected chi connectivity index (χ1v) is 18.4. The van der Waals surface area contributed by atoms with Crippen molar-refractivity contribution in [2.75, 3.05) is 0 Å². The summed E-state index contributed by atoms with van der Waals surface area (Å²) in [5, 5.41) is 0. The quantitative estimate of drug-likeness (QED) is 0.161. The van der Waals surface area contributed by atoms with Gasteiger partial charge in [0.1, 0.15) is 0 Å². The first kappa shape index (κ1) is 40.9. The number of rotatable bonds is 4. The van der Waals surface area contributed by atoms with Gasteiger partial charge in [0, 0.05) is 0 Å². The van der Waals surface area contributed by atoms with Crippen LogP contribution in [0.3, 0.4) is 0 Å². The molecule has 0 aliphatic carbocycles. The van der Waals surface area contributed by atoms with Crippen LogP contribution in [0.5, 0.6) is 0 Å². The predicted octanol–water partition coefficient (Wildman–Crippen LogP) is 15.6. The van der Waals surface area contributed by atoms with Crippen LogP contribution in [-0.2, 0) is 34.0 Å². The first-order chi connectivity index (χ1) is 24.7. The van der Waals surface area contributed by atoms with Crippen molar-refractivity contribution in [2.24, 2.45) is 0 Å². The first-order valence-electron chi connectivity index (χ1n) is 18.4. The minimum absolute atomic E-state index is 0.00992. The summed E-state index contributed by atoms with van der Waals surface area (Å²) >= 11 is 0. The summed E-state index contributed by atoms with van der Waals surface area (Å²) in [6.45, 7) is 23.9. The van der Waals surface area contributed by atoms with E-state index >= 15 is 26.3 Å². The van der Waals surface area contributed by atoms with E-state index < -0.39 is 45.1 Å². The zero-order valence-corrected chi connectivity index (χ0v) is 33.5. The molecule has 0 nitrogen and oxygen atoms in total. The van der Waals surface area contributed by atoms with Crippen molar-refractivity contribution in [3.8, 4) is 44.5 Å². The Kier molecular flexibility index (Phi) is 10.4. The van der Waals surface area contributed by atoms with E-state index in [1.54, 1.807) is 12.1 Å². The molecule has 0 saturated carbocycles. The van der Waals surface area contributed by atoms with Gasteiger partial charge in [0.25, 0.3) is 0 Å². The lowest BCUT2D eigenvalue weighted by molar-refractivity contribution is -0.137. The van der Waals surface area contributed by atoms with E-state index in [0.29, 0.717) is 44.5 Å². The molecule has 6 heteroatoms. The second-order valence-electron chi connectivity index (χ2n) is 18.4. The fourth-order valence-corrected chi connectivity index (χ4v) is 7.93. The standard InChI is InChI=1S/C48H52F6/c1-43(2,3)33-25-17-13-21-29(33)37-39(31-23-15-19-27-35(31)47(49,50)51)42(46(10,11)12)38(30-22-14-18-26-34(30)44(4,5)6)40(41(37)45(7,8)9)32-24-16-20-28-36(32)48(52,53)54/h13-28H,1-12H3. The third-order valence-electron chi connectivity index (χ3n) is 10.0. The van der Waals surface area contributed by atoms with E-state index in [1.807, 2.05) is 132 Å². The van der Waals surface area contributed by atoms with Crippen LogP contribution in [-0.4, -0.2) is 0 Å². The molecule has 0 N–H and O–H groups in total. The molecule has 0 heterocycles. The van der Waals surface area contributed by atoms with E-state index in [2.05, 4.69) is 0 Å². The molecule has 0 saturated heterocycles. The van der Waals surface area contributed by atoms with Crippen molar-refractivity contribution >= 4 is 0 Å². The average Bonchev–Trinajstić information content (AvgIpc) is 3.04. The molecule has 0 radical (unpaired) electrons. The van der Waals surface area contributed by atoms with Gasteiger partial charge in [0.05, 0.1) is 11.1 Å². The zero-order valence-electron chi connectivity index (χ0n) is 33.5. The lowest BCUT2D eigenvalue weighted by Gasteiger charge is -2.40. The Labute approximate surface area is 317 Å². The maximum atomic E-state index is 15.3. The van der Waals surface area contributed by atoms with Crippen LogP contribution in [0, 0.1) is 0 Å². The second kappa shape index (κ2) is 13.8. The monoisotopic (exact) mass is 742 g/mol. The van der Waals surface area contributed by atoms with E-state index in [-0.39, 0.29) is 11.1 Å². The second-order valence-corrected chi connectivity index (χ2v) is 18.4. The van der Waals surface area contributed by atoms with Gasteiger partial charge in [-0.3, -0.25) is 0 Å². The van der Waals surface area contributed by atoms with Gasteiger partial charge >= 0.3 is 12.4 Å². The summed E-state index contributed by atoms with van der Waals surface area (Å²) in [7, 11) is 0. The van der Waals surface area contributed by atoms with Gasteiger partial charge in [-0.1, -0.05) is 168 Å². The van der Waals surface area contributed by atoms with Crippen molar-refractivity contribution < 1.29 is 26.3 Å². The predicted molar refractivity (Wildman–Crippen MR) is 213 cm³/mol. The normalized spacial score (nSPS) is 13.4. The molecule has 0 atom stereocenters. The lowest BCUT2D eigenvalue weighted by Crippen LogP contribution is -2.25. The van der Waals surface area contributed by atoms with Gasteiger partial charge in [-0.05, 0) is 101 Å². The molecular weight excluding hydrogens is 691 g/mol. The summed E-state index contributed by atoms with van der Waals surface area (Å²) in [6.07, 6.45) is -9.45. The van der Waals surface area contributed by atoms with Crippen LogP contribution < -0.4 is 0 Å². The minimum atomic E-state index is -4.72. The van der Waals surface area contributed by atoms with Gasteiger partial charge in [0.2, 0.25) is 0 Å². The summed E-state index contributed by atoms with van der Waals surface area (Å²) in [5.41, 5.74) is 1.68. The fourth-order valence-electron chi connectivity index (χ4n) is 7.93. The molecule has 286 valence electrons. The number of halogens is 6. The summed E-state index contributed by atoms with van der Waals surface area (Å²) < 4.78 is 92.1. The maximum Gasteiger partial charge on any atom is 0.417 e. The molecule has 0 bridgehead atoms. The van der Waals surface area contributed by atoms with Crippen molar-refractivity contribution in [1.29, 1.82) is 0 Å². The molecule has 5 rings (SSSR count). The zero-order chi connectivity index (χ0) is 40.4. The molecule has 0 aliphatic rings. The molecule has 0 aliphatic heterocycles. The van der Waals surface area contributed by atoms with Gasteiger partial charge < -0.3 is 0 Å². The Morgan fingerprint density at radius 3 is 0.685 bits per heavy atom. The largest absolute Gasteiger partial charge is 0.417 e. The topological polar surface area (TPSA) is 0 Å². The van der Waals surface area contributed by atoms with Gasteiger partial charge in [-0.25, -0.2) is 0 Å². The number of hydrogen-bond acceptors (Lipinski definition) is 0. The lowest BCUT2D eigenvalue weighted by atomic mass is 9.64. The average molecular weight is 743 g/mol. The van der Waals surface area contributed by atoms with Crippen LogP contribution >= 0.6 is 0 Å². The Hall–Kier alpha value is -4.32. The highest BCUT2D eigenvalue weighted by Gasteiger charge is 2.43. The molecular formula is C48H52F6. The Bertz CT molecular complexity index is 1870. The number of hydrogen-bond donors (Lipinski definition) is 0. The third kappa shape index (κ3) is 7.76. The highest BCUT2D eigenvalue weighted by Crippen LogP contribution is 2.59. The van der Waals surface area contributed by atoms with E-state index in [1.165, 1.54) is 24.3 Å². The van der Waals surface area contributed by atoms with Gasteiger partial charge in [-0.15, -0.1) is 0 Å². The molecule has 54 heavy (non-hydrogen) atoms. The highest BCUT2D eigenvalue weighted by atomic mass is 19.4. The van der Waals surface area contributed by atoms with Crippen molar-refractivity contribution in [3.05, 3.63) is 130 Å². The van der Waals surface area contributed by atoms with Gasteiger partial charge in [-0.2, -0.15) is 26.3 Å². The van der Waals surface area contributed by atoms with E-state index in [9.17, 15) is 0 Å². The molecule has 0 unspecified atom stereocenters. The molecule has 0 fully saturated rings. The van der Waals surface area contributed by atoms with Crippen LogP contribution in [0.1, 0.15) is 116 Å². The fraction of sp³-hybridized carbons (Fsp3) is 0.375. The Morgan fingerprint density at radius 1 is 0.278 bits per heavy atom. The Morgan fingerprint density at radius 2 is 0.481 bits per heavy atom. The van der Waals surface area contributed by atoms with Crippen molar-refractivity contribution in [3.63, 3.8) is 0 Å². The molecule has 5 aromatic rings. The third-order valence-corrected chi connectivity index (χ3v) is 10.0. The summed E-state index contributed by atoms with van der Waals surface area (Å²) in [6, 6.07) is 26.6. The SMILES string of the molecule is CC(C)(C)c1ccccc1-c1c(-c2ccccc2C(F)(F)F)c(C(C)(C)C)c(-c2ccccc2C(C)(C)C)c(-c2ccccc2C(F)(F)F)c1C(C)(C)C.